The van der Waals surface area contributed by atoms with Crippen molar-refractivity contribution in [2.75, 3.05) is 0 Å². The van der Waals surface area contributed by atoms with Gasteiger partial charge in [0.1, 0.15) is 0 Å². The highest BCUT2D eigenvalue weighted by molar-refractivity contribution is 5.58. The summed E-state index contributed by atoms with van der Waals surface area (Å²) in [6, 6.07) is 7.34. The number of nitrogens with two attached hydrogens (primary N) is 1. The highest BCUT2D eigenvalue weighted by Gasteiger charge is 2.10. The number of rotatable bonds is 3. The van der Waals surface area contributed by atoms with E-state index in [9.17, 15) is 0 Å². The van der Waals surface area contributed by atoms with E-state index >= 15 is 0 Å². The normalized spacial score (nSPS) is 10.6. The molecule has 0 aromatic carbocycles. The molecule has 0 aliphatic rings. The molecule has 0 spiro atoms. The van der Waals surface area contributed by atoms with E-state index in [1.807, 2.05) is 18.2 Å². The molecular weight excluding hydrogens is 242 g/mol. The Morgan fingerprint density at radius 3 is 2.89 bits per heavy atom. The zero-order chi connectivity index (χ0) is 13.1. The Bertz CT molecular complexity index is 680. The van der Waals surface area contributed by atoms with Gasteiger partial charge in [-0.05, 0) is 24.3 Å². The van der Waals surface area contributed by atoms with Gasteiger partial charge in [-0.25, -0.2) is 0 Å². The number of hydrogen-bond donors (Lipinski definition) is 1. The molecule has 94 valence electrons. The first-order valence-corrected chi connectivity index (χ1v) is 5.76. The summed E-state index contributed by atoms with van der Waals surface area (Å²) in [5.41, 5.74) is 7.95. The third-order valence-electron chi connectivity index (χ3n) is 2.62. The Labute approximate surface area is 109 Å². The lowest BCUT2D eigenvalue weighted by molar-refractivity contribution is 0.432. The lowest BCUT2D eigenvalue weighted by Crippen LogP contribution is -1.98. The lowest BCUT2D eigenvalue weighted by atomic mass is 10.2. The molecule has 0 aliphatic heterocycles. The van der Waals surface area contributed by atoms with E-state index in [4.69, 9.17) is 10.3 Å². The number of hydrogen-bond acceptors (Lipinski definition) is 6. The predicted octanol–water partition coefficient (Wildman–Crippen LogP) is 1.65. The minimum atomic E-state index is 0.372. The van der Waals surface area contributed by atoms with Crippen LogP contribution in [0.25, 0.3) is 22.8 Å². The first-order chi connectivity index (χ1) is 9.36. The smallest absolute Gasteiger partial charge is 0.258 e. The molecule has 19 heavy (non-hydrogen) atoms. The van der Waals surface area contributed by atoms with E-state index in [1.54, 1.807) is 24.7 Å². The van der Waals surface area contributed by atoms with Crippen LogP contribution in [0.4, 0.5) is 0 Å². The van der Waals surface area contributed by atoms with Crippen molar-refractivity contribution < 1.29 is 4.52 Å². The van der Waals surface area contributed by atoms with Crippen LogP contribution in [0, 0.1) is 0 Å². The fraction of sp³-hybridized carbons (Fsp3) is 0.0769. The van der Waals surface area contributed by atoms with E-state index in [1.165, 1.54) is 0 Å². The fourth-order valence-electron chi connectivity index (χ4n) is 1.68. The zero-order valence-electron chi connectivity index (χ0n) is 10.0. The summed E-state index contributed by atoms with van der Waals surface area (Å²) >= 11 is 0. The van der Waals surface area contributed by atoms with Crippen LogP contribution in [0.1, 0.15) is 5.69 Å². The molecule has 3 heterocycles. The van der Waals surface area contributed by atoms with Gasteiger partial charge in [0.05, 0.1) is 5.69 Å². The monoisotopic (exact) mass is 253 g/mol. The average Bonchev–Trinajstić information content (AvgIpc) is 2.98. The fourth-order valence-corrected chi connectivity index (χ4v) is 1.68. The van der Waals surface area contributed by atoms with Gasteiger partial charge in [-0.2, -0.15) is 4.98 Å². The van der Waals surface area contributed by atoms with Crippen molar-refractivity contribution in [3.8, 4) is 22.8 Å². The standard InChI is InChI=1S/C13H11N5O/c14-7-11-6-9(3-5-16-11)13-17-12(18-19-13)10-2-1-4-15-8-10/h1-6,8H,7,14H2. The predicted molar refractivity (Wildman–Crippen MR) is 68.7 cm³/mol. The van der Waals surface area contributed by atoms with E-state index in [0.717, 1.165) is 16.8 Å². The SMILES string of the molecule is NCc1cc(-c2nc(-c3cccnc3)no2)ccn1. The van der Waals surface area contributed by atoms with Gasteiger partial charge in [0, 0.05) is 36.3 Å². The molecule has 3 aromatic rings. The quantitative estimate of drug-likeness (QED) is 0.763. The van der Waals surface area contributed by atoms with Gasteiger partial charge in [-0.1, -0.05) is 5.16 Å². The molecule has 3 rings (SSSR count). The highest BCUT2D eigenvalue weighted by Crippen LogP contribution is 2.21. The summed E-state index contributed by atoms with van der Waals surface area (Å²) in [5.74, 6) is 0.949. The summed E-state index contributed by atoms with van der Waals surface area (Å²) in [5, 5.41) is 3.94. The minimum Gasteiger partial charge on any atom is -0.334 e. The van der Waals surface area contributed by atoms with Crippen LogP contribution in [0.2, 0.25) is 0 Å². The summed E-state index contributed by atoms with van der Waals surface area (Å²) in [7, 11) is 0. The van der Waals surface area contributed by atoms with E-state index in [0.29, 0.717) is 18.3 Å². The van der Waals surface area contributed by atoms with Gasteiger partial charge in [-0.3, -0.25) is 9.97 Å². The van der Waals surface area contributed by atoms with Crippen LogP contribution in [0.3, 0.4) is 0 Å². The maximum Gasteiger partial charge on any atom is 0.258 e. The molecule has 3 aromatic heterocycles. The third-order valence-corrected chi connectivity index (χ3v) is 2.62. The summed E-state index contributed by atoms with van der Waals surface area (Å²) in [6.07, 6.45) is 5.05. The molecule has 2 N–H and O–H groups in total. The van der Waals surface area contributed by atoms with E-state index in [-0.39, 0.29) is 0 Å². The van der Waals surface area contributed by atoms with Crippen LogP contribution >= 0.6 is 0 Å². The molecule has 6 heteroatoms. The van der Waals surface area contributed by atoms with Gasteiger partial charge in [0.25, 0.3) is 5.89 Å². The molecule has 0 radical (unpaired) electrons. The second kappa shape index (κ2) is 4.95. The molecular formula is C13H11N5O. The second-order valence-electron chi connectivity index (χ2n) is 3.90. The topological polar surface area (TPSA) is 90.7 Å². The zero-order valence-corrected chi connectivity index (χ0v) is 10.0. The Hall–Kier alpha value is -2.60. The Balaban J connectivity index is 1.97. The molecule has 0 atom stereocenters. The Kier molecular flexibility index (Phi) is 2.99. The largest absolute Gasteiger partial charge is 0.334 e. The van der Waals surface area contributed by atoms with Crippen molar-refractivity contribution in [2.24, 2.45) is 5.73 Å². The maximum atomic E-state index is 5.56. The maximum absolute atomic E-state index is 5.56. The van der Waals surface area contributed by atoms with Crippen molar-refractivity contribution in [1.29, 1.82) is 0 Å². The van der Waals surface area contributed by atoms with Gasteiger partial charge < -0.3 is 10.3 Å². The third kappa shape index (κ3) is 2.34. The van der Waals surface area contributed by atoms with Crippen molar-refractivity contribution in [2.45, 2.75) is 6.54 Å². The number of nitrogens with zero attached hydrogens (tertiary/aromatic N) is 4. The van der Waals surface area contributed by atoms with Crippen molar-refractivity contribution in [3.63, 3.8) is 0 Å². The first-order valence-electron chi connectivity index (χ1n) is 5.76. The highest BCUT2D eigenvalue weighted by atomic mass is 16.5. The molecule has 0 aliphatic carbocycles. The van der Waals surface area contributed by atoms with Crippen LogP contribution in [-0.2, 0) is 6.54 Å². The van der Waals surface area contributed by atoms with Gasteiger partial charge in [-0.15, -0.1) is 0 Å². The summed E-state index contributed by atoms with van der Waals surface area (Å²) in [6.45, 7) is 0.372. The van der Waals surface area contributed by atoms with E-state index in [2.05, 4.69) is 20.1 Å². The lowest BCUT2D eigenvalue weighted by Gasteiger charge is -1.97. The molecule has 6 nitrogen and oxygen atoms in total. The van der Waals surface area contributed by atoms with Crippen molar-refractivity contribution >= 4 is 0 Å². The van der Waals surface area contributed by atoms with Crippen molar-refractivity contribution in [1.82, 2.24) is 20.1 Å². The molecule has 0 fully saturated rings. The molecule has 0 amide bonds. The van der Waals surface area contributed by atoms with Gasteiger partial charge in [0.15, 0.2) is 0 Å². The van der Waals surface area contributed by atoms with Crippen LogP contribution < -0.4 is 5.73 Å². The first kappa shape index (κ1) is 11.5. The Morgan fingerprint density at radius 2 is 2.11 bits per heavy atom. The van der Waals surface area contributed by atoms with Crippen molar-refractivity contribution in [3.05, 3.63) is 48.5 Å². The minimum absolute atomic E-state index is 0.372. The molecule has 0 saturated heterocycles. The number of pyridine rings is 2. The van der Waals surface area contributed by atoms with Gasteiger partial charge in [0.2, 0.25) is 5.82 Å². The summed E-state index contributed by atoms with van der Waals surface area (Å²) in [4.78, 5) is 12.5. The van der Waals surface area contributed by atoms with Crippen LogP contribution in [0.5, 0.6) is 0 Å². The van der Waals surface area contributed by atoms with Gasteiger partial charge >= 0.3 is 0 Å². The molecule has 0 unspecified atom stereocenters. The Morgan fingerprint density at radius 1 is 1.16 bits per heavy atom. The van der Waals surface area contributed by atoms with Crippen LogP contribution in [0.15, 0.2) is 47.4 Å². The molecule has 0 bridgehead atoms. The summed E-state index contributed by atoms with van der Waals surface area (Å²) < 4.78 is 5.25. The average molecular weight is 253 g/mol. The van der Waals surface area contributed by atoms with Crippen LogP contribution in [-0.4, -0.2) is 20.1 Å². The van der Waals surface area contributed by atoms with E-state index < -0.39 is 0 Å². The number of aromatic nitrogens is 4. The molecule has 0 saturated carbocycles. The second-order valence-corrected chi connectivity index (χ2v) is 3.90.